The molecule has 3 nitrogen and oxygen atoms in total. The van der Waals surface area contributed by atoms with Gasteiger partial charge in [0.15, 0.2) is 5.11 Å². The quantitative estimate of drug-likeness (QED) is 0.292. The van der Waals surface area contributed by atoms with Gasteiger partial charge in [-0.05, 0) is 37.4 Å². The van der Waals surface area contributed by atoms with Gasteiger partial charge in [0.05, 0.1) is 0 Å². The molecule has 66 valence electrons. The van der Waals surface area contributed by atoms with Crippen LogP contribution in [0.5, 0.6) is 0 Å². The van der Waals surface area contributed by atoms with Crippen molar-refractivity contribution in [2.45, 2.75) is 19.3 Å². The Balaban J connectivity index is 2.25. The molecule has 0 spiro atoms. The Morgan fingerprint density at radius 2 is 2.50 bits per heavy atom. The fraction of sp³-hybridized carbons (Fsp3) is 0.500. The molecule has 0 unspecified atom stereocenters. The van der Waals surface area contributed by atoms with Crippen LogP contribution < -0.4 is 11.2 Å². The van der Waals surface area contributed by atoms with Crippen LogP contribution >= 0.6 is 12.2 Å². The summed E-state index contributed by atoms with van der Waals surface area (Å²) in [7, 11) is 0. The van der Waals surface area contributed by atoms with Crippen LogP contribution in [0.2, 0.25) is 0 Å². The first kappa shape index (κ1) is 9.19. The molecule has 1 atom stereocenters. The van der Waals surface area contributed by atoms with Crippen molar-refractivity contribution >= 4 is 23.5 Å². The van der Waals surface area contributed by atoms with Gasteiger partial charge in [0.1, 0.15) is 0 Å². The summed E-state index contributed by atoms with van der Waals surface area (Å²) in [5.74, 6) is 0.539. The highest BCUT2D eigenvalue weighted by Crippen LogP contribution is 2.15. The number of nitrogens with one attached hydrogen (secondary N) is 1. The number of hydrazone groups is 1. The van der Waals surface area contributed by atoms with Gasteiger partial charge in [-0.1, -0.05) is 12.2 Å². The summed E-state index contributed by atoms with van der Waals surface area (Å²) in [5.41, 5.74) is 7.75. The third-order valence-electron chi connectivity index (χ3n) is 1.77. The zero-order valence-corrected chi connectivity index (χ0v) is 7.68. The van der Waals surface area contributed by atoms with Gasteiger partial charge >= 0.3 is 0 Å². The Hall–Kier alpha value is -0.900. The lowest BCUT2D eigenvalue weighted by atomic mass is 9.96. The molecular formula is C8H13N3S. The molecule has 0 heterocycles. The lowest BCUT2D eigenvalue weighted by Crippen LogP contribution is -2.24. The summed E-state index contributed by atoms with van der Waals surface area (Å²) in [4.78, 5) is 0. The third kappa shape index (κ3) is 3.48. The maximum atomic E-state index is 5.20. The molecule has 1 rings (SSSR count). The molecule has 0 saturated carbocycles. The Kier molecular flexibility index (Phi) is 3.73. The lowest BCUT2D eigenvalue weighted by molar-refractivity contribution is 0.624. The Morgan fingerprint density at radius 1 is 1.67 bits per heavy atom. The molecule has 1 aliphatic carbocycles. The van der Waals surface area contributed by atoms with Crippen molar-refractivity contribution in [2.75, 3.05) is 0 Å². The van der Waals surface area contributed by atoms with Crippen LogP contribution in [-0.4, -0.2) is 11.3 Å². The second-order valence-corrected chi connectivity index (χ2v) is 3.24. The van der Waals surface area contributed by atoms with E-state index >= 15 is 0 Å². The van der Waals surface area contributed by atoms with Crippen molar-refractivity contribution in [1.82, 2.24) is 5.43 Å². The van der Waals surface area contributed by atoms with Gasteiger partial charge in [-0.15, -0.1) is 0 Å². The molecule has 0 aromatic rings. The summed E-state index contributed by atoms with van der Waals surface area (Å²) in [6, 6.07) is 0. The molecule has 0 fully saturated rings. The fourth-order valence-corrected chi connectivity index (χ4v) is 1.21. The Bertz CT molecular complexity index is 210. The zero-order chi connectivity index (χ0) is 8.81. The number of allylic oxidation sites excluding steroid dienone is 2. The molecule has 4 heteroatoms. The first-order valence-electron chi connectivity index (χ1n) is 4.02. The normalized spacial score (nSPS) is 22.8. The van der Waals surface area contributed by atoms with E-state index in [0.29, 0.717) is 5.92 Å². The van der Waals surface area contributed by atoms with Crippen LogP contribution in [0.4, 0.5) is 0 Å². The number of hydrogen-bond acceptors (Lipinski definition) is 2. The highest BCUT2D eigenvalue weighted by Gasteiger charge is 2.05. The van der Waals surface area contributed by atoms with Gasteiger partial charge in [-0.3, -0.25) is 5.43 Å². The summed E-state index contributed by atoms with van der Waals surface area (Å²) in [6.07, 6.45) is 9.64. The second kappa shape index (κ2) is 4.87. The van der Waals surface area contributed by atoms with E-state index in [9.17, 15) is 0 Å². The van der Waals surface area contributed by atoms with E-state index in [4.69, 9.17) is 5.73 Å². The molecule has 0 bridgehead atoms. The van der Waals surface area contributed by atoms with Gasteiger partial charge in [0, 0.05) is 6.21 Å². The van der Waals surface area contributed by atoms with E-state index in [1.807, 2.05) is 6.21 Å². The van der Waals surface area contributed by atoms with Crippen molar-refractivity contribution in [1.29, 1.82) is 0 Å². The maximum Gasteiger partial charge on any atom is 0.184 e. The van der Waals surface area contributed by atoms with Crippen molar-refractivity contribution in [2.24, 2.45) is 16.8 Å². The van der Waals surface area contributed by atoms with E-state index in [1.54, 1.807) is 0 Å². The Morgan fingerprint density at radius 3 is 3.08 bits per heavy atom. The van der Waals surface area contributed by atoms with Gasteiger partial charge in [0.2, 0.25) is 0 Å². The summed E-state index contributed by atoms with van der Waals surface area (Å²) in [6.45, 7) is 0. The molecule has 0 aromatic carbocycles. The summed E-state index contributed by atoms with van der Waals surface area (Å²) in [5, 5.41) is 4.14. The monoisotopic (exact) mass is 183 g/mol. The molecule has 1 aliphatic rings. The molecular weight excluding hydrogens is 170 g/mol. The zero-order valence-electron chi connectivity index (χ0n) is 6.86. The highest BCUT2D eigenvalue weighted by molar-refractivity contribution is 7.80. The van der Waals surface area contributed by atoms with Crippen molar-refractivity contribution in [3.63, 3.8) is 0 Å². The fourth-order valence-electron chi connectivity index (χ4n) is 1.16. The minimum Gasteiger partial charge on any atom is -0.375 e. The molecule has 0 radical (unpaired) electrons. The van der Waals surface area contributed by atoms with E-state index in [-0.39, 0.29) is 5.11 Å². The average Bonchev–Trinajstić information content (AvgIpc) is 2.05. The molecule has 0 aromatic heterocycles. The SMILES string of the molecule is NC(=S)N/N=C\[C@H]1CC=CCC1. The molecule has 0 amide bonds. The third-order valence-corrected chi connectivity index (χ3v) is 1.86. The van der Waals surface area contributed by atoms with Crippen LogP contribution in [0.15, 0.2) is 17.3 Å². The van der Waals surface area contributed by atoms with Crippen LogP contribution in [-0.2, 0) is 0 Å². The van der Waals surface area contributed by atoms with Gasteiger partial charge < -0.3 is 5.73 Å². The van der Waals surface area contributed by atoms with Gasteiger partial charge in [0.25, 0.3) is 0 Å². The first-order valence-corrected chi connectivity index (χ1v) is 4.43. The molecule has 0 saturated heterocycles. The minimum absolute atomic E-state index is 0.220. The van der Waals surface area contributed by atoms with Gasteiger partial charge in [-0.25, -0.2) is 0 Å². The standard InChI is InChI=1S/C8H13N3S/c9-8(12)11-10-6-7-4-2-1-3-5-7/h1-2,6-7H,3-5H2,(H3,9,11,12)/b10-6-/t7-/m0/s1. The summed E-state index contributed by atoms with van der Waals surface area (Å²) < 4.78 is 0. The van der Waals surface area contributed by atoms with Crippen LogP contribution in [0, 0.1) is 5.92 Å². The largest absolute Gasteiger partial charge is 0.375 e. The molecule has 12 heavy (non-hydrogen) atoms. The minimum atomic E-state index is 0.220. The number of rotatable bonds is 2. The van der Waals surface area contributed by atoms with Crippen molar-refractivity contribution < 1.29 is 0 Å². The number of hydrogen-bond donors (Lipinski definition) is 2. The first-order chi connectivity index (χ1) is 5.79. The van der Waals surface area contributed by atoms with Crippen molar-refractivity contribution in [3.05, 3.63) is 12.2 Å². The van der Waals surface area contributed by atoms with Crippen LogP contribution in [0.25, 0.3) is 0 Å². The van der Waals surface area contributed by atoms with Crippen LogP contribution in [0.1, 0.15) is 19.3 Å². The second-order valence-electron chi connectivity index (χ2n) is 2.80. The smallest absolute Gasteiger partial charge is 0.184 e. The lowest BCUT2D eigenvalue weighted by Gasteiger charge is -2.11. The predicted octanol–water partition coefficient (Wildman–Crippen LogP) is 1.16. The number of thiocarbonyl (C=S) groups is 1. The van der Waals surface area contributed by atoms with Crippen LogP contribution in [0.3, 0.4) is 0 Å². The van der Waals surface area contributed by atoms with E-state index < -0.39 is 0 Å². The topological polar surface area (TPSA) is 50.4 Å². The number of nitrogens with two attached hydrogens (primary N) is 1. The molecule has 0 aliphatic heterocycles. The van der Waals surface area contributed by atoms with E-state index in [2.05, 4.69) is 34.9 Å². The van der Waals surface area contributed by atoms with E-state index in [0.717, 1.165) is 12.8 Å². The number of nitrogens with zero attached hydrogens (tertiary/aromatic N) is 1. The highest BCUT2D eigenvalue weighted by atomic mass is 32.1. The Labute approximate surface area is 77.7 Å². The maximum absolute atomic E-state index is 5.20. The average molecular weight is 183 g/mol. The van der Waals surface area contributed by atoms with E-state index in [1.165, 1.54) is 6.42 Å². The van der Waals surface area contributed by atoms with Crippen molar-refractivity contribution in [3.8, 4) is 0 Å². The predicted molar refractivity (Wildman–Crippen MR) is 54.9 cm³/mol. The molecule has 3 N–H and O–H groups in total. The summed E-state index contributed by atoms with van der Waals surface area (Å²) >= 11 is 4.60. The van der Waals surface area contributed by atoms with Gasteiger partial charge in [-0.2, -0.15) is 5.10 Å².